The lowest BCUT2D eigenvalue weighted by Gasteiger charge is -2.20. The second kappa shape index (κ2) is 5.22. The standard InChI is InChI=1S/C9H16ClN3O/c1-12-5-4-11-9(12)13(2)6-8(10)7-14-3/h4-5,8H,6-7H2,1-3H3. The summed E-state index contributed by atoms with van der Waals surface area (Å²) in [6.07, 6.45) is 3.68. The highest BCUT2D eigenvalue weighted by Crippen LogP contribution is 2.09. The summed E-state index contributed by atoms with van der Waals surface area (Å²) in [6.45, 7) is 1.27. The molecule has 0 N–H and O–H groups in total. The van der Waals surface area contributed by atoms with Gasteiger partial charge in [0.25, 0.3) is 0 Å². The number of halogens is 1. The summed E-state index contributed by atoms with van der Waals surface area (Å²) in [7, 11) is 5.57. The fraction of sp³-hybridized carbons (Fsp3) is 0.667. The van der Waals surface area contributed by atoms with Gasteiger partial charge in [-0.3, -0.25) is 0 Å². The number of nitrogens with zero attached hydrogens (tertiary/aromatic N) is 3. The van der Waals surface area contributed by atoms with E-state index in [1.807, 2.05) is 29.8 Å². The molecule has 1 heterocycles. The summed E-state index contributed by atoms with van der Waals surface area (Å²) in [4.78, 5) is 6.23. The van der Waals surface area contributed by atoms with Crippen molar-refractivity contribution < 1.29 is 4.74 Å². The SMILES string of the molecule is COCC(Cl)CN(C)c1nccn1C. The maximum absolute atomic E-state index is 6.04. The van der Waals surface area contributed by atoms with Gasteiger partial charge in [0.15, 0.2) is 0 Å². The van der Waals surface area contributed by atoms with Crippen molar-refractivity contribution in [1.29, 1.82) is 0 Å². The van der Waals surface area contributed by atoms with Crippen molar-refractivity contribution in [2.45, 2.75) is 5.38 Å². The van der Waals surface area contributed by atoms with Crippen LogP contribution >= 0.6 is 11.6 Å². The molecule has 0 spiro atoms. The van der Waals surface area contributed by atoms with E-state index < -0.39 is 0 Å². The Hall–Kier alpha value is -0.740. The first-order valence-electron chi connectivity index (χ1n) is 4.46. The third-order valence-corrected chi connectivity index (χ3v) is 2.22. The van der Waals surface area contributed by atoms with E-state index in [-0.39, 0.29) is 5.38 Å². The summed E-state index contributed by atoms with van der Waals surface area (Å²) < 4.78 is 6.92. The van der Waals surface area contributed by atoms with Crippen LogP contribution in [0, 0.1) is 0 Å². The van der Waals surface area contributed by atoms with Crippen molar-refractivity contribution in [1.82, 2.24) is 9.55 Å². The van der Waals surface area contributed by atoms with Gasteiger partial charge in [-0.15, -0.1) is 11.6 Å². The number of aryl methyl sites for hydroxylation is 1. The molecule has 0 aliphatic rings. The van der Waals surface area contributed by atoms with Crippen LogP contribution in [0.15, 0.2) is 12.4 Å². The highest BCUT2D eigenvalue weighted by atomic mass is 35.5. The van der Waals surface area contributed by atoms with Crippen LogP contribution in [0.25, 0.3) is 0 Å². The molecule has 0 amide bonds. The second-order valence-corrected chi connectivity index (χ2v) is 3.89. The molecular formula is C9H16ClN3O. The molecule has 0 aromatic carbocycles. The van der Waals surface area contributed by atoms with E-state index in [4.69, 9.17) is 16.3 Å². The Labute approximate surface area is 89.4 Å². The van der Waals surface area contributed by atoms with Gasteiger partial charge in [0.05, 0.1) is 12.0 Å². The normalized spacial score (nSPS) is 12.9. The number of anilines is 1. The molecule has 1 aromatic rings. The van der Waals surface area contributed by atoms with Gasteiger partial charge in [0, 0.05) is 40.1 Å². The molecule has 1 atom stereocenters. The van der Waals surface area contributed by atoms with Gasteiger partial charge in [0.1, 0.15) is 0 Å². The fourth-order valence-electron chi connectivity index (χ4n) is 1.34. The van der Waals surface area contributed by atoms with Crippen LogP contribution in [0.4, 0.5) is 5.95 Å². The summed E-state index contributed by atoms with van der Waals surface area (Å²) in [6, 6.07) is 0. The summed E-state index contributed by atoms with van der Waals surface area (Å²) >= 11 is 6.04. The van der Waals surface area contributed by atoms with E-state index in [2.05, 4.69) is 4.98 Å². The molecule has 80 valence electrons. The van der Waals surface area contributed by atoms with Crippen LogP contribution in [0.3, 0.4) is 0 Å². The molecule has 0 fully saturated rings. The minimum atomic E-state index is -0.0123. The number of aromatic nitrogens is 2. The highest BCUT2D eigenvalue weighted by Gasteiger charge is 2.11. The zero-order valence-electron chi connectivity index (χ0n) is 8.77. The van der Waals surface area contributed by atoms with Crippen molar-refractivity contribution >= 4 is 17.5 Å². The van der Waals surface area contributed by atoms with Crippen molar-refractivity contribution in [3.05, 3.63) is 12.4 Å². The highest BCUT2D eigenvalue weighted by molar-refractivity contribution is 6.21. The van der Waals surface area contributed by atoms with Gasteiger partial charge >= 0.3 is 0 Å². The molecule has 1 unspecified atom stereocenters. The first kappa shape index (κ1) is 11.3. The van der Waals surface area contributed by atoms with Crippen LogP contribution < -0.4 is 4.90 Å². The third kappa shape index (κ3) is 2.89. The number of hydrogen-bond acceptors (Lipinski definition) is 3. The van der Waals surface area contributed by atoms with Crippen LogP contribution in [0.5, 0.6) is 0 Å². The van der Waals surface area contributed by atoms with Crippen molar-refractivity contribution in [2.75, 3.05) is 32.2 Å². The zero-order chi connectivity index (χ0) is 10.6. The smallest absolute Gasteiger partial charge is 0.204 e. The van der Waals surface area contributed by atoms with Gasteiger partial charge in [-0.2, -0.15) is 0 Å². The number of imidazole rings is 1. The molecular weight excluding hydrogens is 202 g/mol. The predicted molar refractivity (Wildman–Crippen MR) is 58.0 cm³/mol. The first-order chi connectivity index (χ1) is 6.65. The Morgan fingerprint density at radius 3 is 2.93 bits per heavy atom. The van der Waals surface area contributed by atoms with E-state index >= 15 is 0 Å². The molecule has 1 aromatic heterocycles. The Morgan fingerprint density at radius 2 is 2.43 bits per heavy atom. The molecule has 0 saturated carbocycles. The van der Waals surface area contributed by atoms with Gasteiger partial charge < -0.3 is 14.2 Å². The van der Waals surface area contributed by atoms with Crippen molar-refractivity contribution in [3.8, 4) is 0 Å². The molecule has 0 aliphatic heterocycles. The molecule has 0 aliphatic carbocycles. The quantitative estimate of drug-likeness (QED) is 0.693. The maximum atomic E-state index is 6.04. The number of methoxy groups -OCH3 is 1. The monoisotopic (exact) mass is 217 g/mol. The fourth-order valence-corrected chi connectivity index (χ4v) is 1.67. The predicted octanol–water partition coefficient (Wildman–Crippen LogP) is 1.11. The number of rotatable bonds is 5. The Kier molecular flexibility index (Phi) is 4.22. The van der Waals surface area contributed by atoms with Crippen LogP contribution in [0.1, 0.15) is 0 Å². The molecule has 14 heavy (non-hydrogen) atoms. The van der Waals surface area contributed by atoms with E-state index in [1.165, 1.54) is 0 Å². The average Bonchev–Trinajstić information content (AvgIpc) is 2.51. The minimum absolute atomic E-state index is 0.0123. The van der Waals surface area contributed by atoms with E-state index in [1.54, 1.807) is 13.3 Å². The van der Waals surface area contributed by atoms with Gasteiger partial charge in [-0.05, 0) is 0 Å². The summed E-state index contributed by atoms with van der Waals surface area (Å²) in [5.41, 5.74) is 0. The van der Waals surface area contributed by atoms with Crippen molar-refractivity contribution in [2.24, 2.45) is 7.05 Å². The van der Waals surface area contributed by atoms with Gasteiger partial charge in [-0.25, -0.2) is 4.98 Å². The van der Waals surface area contributed by atoms with E-state index in [9.17, 15) is 0 Å². The molecule has 5 heteroatoms. The van der Waals surface area contributed by atoms with Crippen molar-refractivity contribution in [3.63, 3.8) is 0 Å². The summed E-state index contributed by atoms with van der Waals surface area (Å²) in [5, 5.41) is -0.0123. The van der Waals surface area contributed by atoms with Crippen LogP contribution in [-0.4, -0.2) is 42.2 Å². The molecule has 1 rings (SSSR count). The van der Waals surface area contributed by atoms with Crippen LogP contribution in [-0.2, 0) is 11.8 Å². The lowest BCUT2D eigenvalue weighted by molar-refractivity contribution is 0.199. The molecule has 4 nitrogen and oxygen atoms in total. The Balaban J connectivity index is 2.50. The third-order valence-electron chi connectivity index (χ3n) is 1.96. The van der Waals surface area contributed by atoms with Gasteiger partial charge in [-0.1, -0.05) is 0 Å². The minimum Gasteiger partial charge on any atom is -0.383 e. The largest absolute Gasteiger partial charge is 0.383 e. The lowest BCUT2D eigenvalue weighted by Crippen LogP contribution is -2.30. The number of alkyl halides is 1. The zero-order valence-corrected chi connectivity index (χ0v) is 9.53. The first-order valence-corrected chi connectivity index (χ1v) is 4.90. The number of ether oxygens (including phenoxy) is 1. The summed E-state index contributed by atoms with van der Waals surface area (Å²) in [5.74, 6) is 0.909. The van der Waals surface area contributed by atoms with Crippen LogP contribution in [0.2, 0.25) is 0 Å². The Bertz CT molecular complexity index is 277. The number of hydrogen-bond donors (Lipinski definition) is 0. The molecule has 0 bridgehead atoms. The lowest BCUT2D eigenvalue weighted by atomic mass is 10.4. The second-order valence-electron chi connectivity index (χ2n) is 3.27. The van der Waals surface area contributed by atoms with E-state index in [0.29, 0.717) is 6.61 Å². The molecule has 0 saturated heterocycles. The average molecular weight is 218 g/mol. The maximum Gasteiger partial charge on any atom is 0.204 e. The Morgan fingerprint density at radius 1 is 1.71 bits per heavy atom. The van der Waals surface area contributed by atoms with E-state index in [0.717, 1.165) is 12.5 Å². The molecule has 0 radical (unpaired) electrons. The topological polar surface area (TPSA) is 30.3 Å². The van der Waals surface area contributed by atoms with Gasteiger partial charge in [0.2, 0.25) is 5.95 Å².